The number of benzene rings is 1. The molecule has 7 heteroatoms. The molecule has 0 aliphatic carbocycles. The molecule has 0 unspecified atom stereocenters. The number of halogens is 1. The van der Waals surface area contributed by atoms with Crippen LogP contribution in [0.25, 0.3) is 6.08 Å². The quantitative estimate of drug-likeness (QED) is 0.468. The highest BCUT2D eigenvalue weighted by molar-refractivity contribution is 8.05. The van der Waals surface area contributed by atoms with Crippen LogP contribution in [0.1, 0.15) is 32.6 Å². The smallest absolute Gasteiger partial charge is 0.433 e. The van der Waals surface area contributed by atoms with E-state index in [0.29, 0.717) is 27.1 Å². The minimum Gasteiger partial charge on any atom is -0.462 e. The first-order valence-electron chi connectivity index (χ1n) is 6.94. The molecule has 1 aromatic carbocycles. The van der Waals surface area contributed by atoms with Crippen molar-refractivity contribution in [2.75, 3.05) is 6.61 Å². The number of rotatable bonds is 3. The summed E-state index contributed by atoms with van der Waals surface area (Å²) >= 11 is 8.76. The summed E-state index contributed by atoms with van der Waals surface area (Å²) in [4.78, 5) is 25.6. The fraction of sp³-hybridized carbons (Fsp3) is 0.188. The van der Waals surface area contributed by atoms with Crippen LogP contribution in [0.5, 0.6) is 0 Å². The Kier molecular flexibility index (Phi) is 4.57. The number of ether oxygens (including phenoxy) is 1. The van der Waals surface area contributed by atoms with Gasteiger partial charge in [-0.3, -0.25) is 0 Å². The Hall–Kier alpha value is -1.63. The Morgan fingerprint density at radius 2 is 2.13 bits per heavy atom. The summed E-state index contributed by atoms with van der Waals surface area (Å²) in [5.41, 5.74) is 1.41. The van der Waals surface area contributed by atoms with Crippen LogP contribution in [-0.4, -0.2) is 18.5 Å². The van der Waals surface area contributed by atoms with Crippen molar-refractivity contribution in [2.45, 2.75) is 18.2 Å². The summed E-state index contributed by atoms with van der Waals surface area (Å²) in [6.45, 7) is 3.82. The van der Waals surface area contributed by atoms with E-state index in [2.05, 4.69) is 0 Å². The van der Waals surface area contributed by atoms with Crippen molar-refractivity contribution in [1.82, 2.24) is 0 Å². The van der Waals surface area contributed by atoms with Crippen molar-refractivity contribution in [1.29, 1.82) is 0 Å². The minimum absolute atomic E-state index is 0.144. The maximum Gasteiger partial charge on any atom is 0.433 e. The molecular weight excluding hydrogens is 354 g/mol. The van der Waals surface area contributed by atoms with Crippen LogP contribution in [0.15, 0.2) is 33.5 Å². The second kappa shape index (κ2) is 6.47. The summed E-state index contributed by atoms with van der Waals surface area (Å²) in [5, 5.41) is 0.595. The number of hydrogen-bond donors (Lipinski definition) is 0. The monoisotopic (exact) mass is 366 g/mol. The number of aromatic nitrogens is 1. The van der Waals surface area contributed by atoms with Gasteiger partial charge in [0.25, 0.3) is 0 Å². The van der Waals surface area contributed by atoms with Crippen molar-refractivity contribution >= 4 is 52.7 Å². The lowest BCUT2D eigenvalue weighted by Gasteiger charge is -1.98. The van der Waals surface area contributed by atoms with Gasteiger partial charge in [-0.2, -0.15) is 0 Å². The molecule has 0 radical (unpaired) electrons. The number of fused-ring (bicyclic) bond motifs is 1. The van der Waals surface area contributed by atoms with Gasteiger partial charge in [0, 0.05) is 23.7 Å². The minimum atomic E-state index is -0.387. The third kappa shape index (κ3) is 2.94. The molecule has 2 heterocycles. The normalized spacial score (nSPS) is 15.1. The summed E-state index contributed by atoms with van der Waals surface area (Å²) < 4.78 is 7.34. The Morgan fingerprint density at radius 1 is 1.39 bits per heavy atom. The maximum atomic E-state index is 12.6. The largest absolute Gasteiger partial charge is 0.462 e. The van der Waals surface area contributed by atoms with Crippen LogP contribution >= 0.6 is 34.7 Å². The van der Waals surface area contributed by atoms with Crippen LogP contribution < -0.4 is 4.57 Å². The Morgan fingerprint density at radius 3 is 2.78 bits per heavy atom. The van der Waals surface area contributed by atoms with E-state index in [9.17, 15) is 9.59 Å². The first-order chi connectivity index (χ1) is 11.0. The van der Waals surface area contributed by atoms with E-state index >= 15 is 0 Å². The molecule has 3 rings (SSSR count). The molecule has 118 valence electrons. The third-order valence-electron chi connectivity index (χ3n) is 3.30. The lowest BCUT2D eigenvalue weighted by atomic mass is 10.2. The van der Waals surface area contributed by atoms with Crippen LogP contribution in [0.3, 0.4) is 0 Å². The van der Waals surface area contributed by atoms with Crippen LogP contribution in [0, 0.1) is 6.92 Å². The van der Waals surface area contributed by atoms with E-state index in [0.717, 1.165) is 9.90 Å². The van der Waals surface area contributed by atoms with E-state index in [4.69, 9.17) is 16.3 Å². The van der Waals surface area contributed by atoms with E-state index in [-0.39, 0.29) is 11.9 Å². The molecule has 2 aromatic rings. The van der Waals surface area contributed by atoms with E-state index < -0.39 is 0 Å². The zero-order valence-electron chi connectivity index (χ0n) is 12.5. The van der Waals surface area contributed by atoms with Crippen molar-refractivity contribution in [3.8, 4) is 0 Å². The SMILES string of the molecule is CCOC(=O)c1sc2[n+](c1C)C(=O)/C(=C/c1ccccc1Cl)S2. The second-order valence-corrected chi connectivity index (χ2v) is 7.47. The molecule has 0 bridgehead atoms. The number of thiazole rings is 1. The standard InChI is InChI=1S/C16H13ClNO3S2/c1-3-21-15(20)13-9(2)18-14(19)12(22-16(18)23-13)8-10-6-4-5-7-11(10)17/h4-8H,3H2,1-2H3/q+1/b12-8-. The van der Waals surface area contributed by atoms with E-state index in [1.54, 1.807) is 30.6 Å². The highest BCUT2D eigenvalue weighted by atomic mass is 35.5. The van der Waals surface area contributed by atoms with Gasteiger partial charge in [0.15, 0.2) is 4.88 Å². The molecule has 0 saturated heterocycles. The molecule has 0 atom stereocenters. The van der Waals surface area contributed by atoms with Gasteiger partial charge in [0.05, 0.1) is 6.61 Å². The Labute approximate surface area is 146 Å². The van der Waals surface area contributed by atoms with Crippen molar-refractivity contribution in [3.05, 3.63) is 50.3 Å². The van der Waals surface area contributed by atoms with Crippen LogP contribution in [-0.2, 0) is 4.74 Å². The number of carbonyl (C=O) groups is 2. The van der Waals surface area contributed by atoms with E-state index in [1.165, 1.54) is 23.1 Å². The fourth-order valence-electron chi connectivity index (χ4n) is 2.21. The zero-order chi connectivity index (χ0) is 16.6. The number of esters is 1. The predicted molar refractivity (Wildman–Crippen MR) is 91.1 cm³/mol. The Balaban J connectivity index is 1.95. The number of nitrogens with zero attached hydrogens (tertiary/aromatic N) is 1. The Bertz CT molecular complexity index is 842. The van der Waals surface area contributed by atoms with Gasteiger partial charge in [-0.25, -0.2) is 9.59 Å². The third-order valence-corrected chi connectivity index (χ3v) is 6.04. The average Bonchev–Trinajstić information content (AvgIpc) is 3.00. The molecule has 0 fully saturated rings. The fourth-order valence-corrected chi connectivity index (χ4v) is 4.81. The maximum absolute atomic E-state index is 12.6. The average molecular weight is 367 g/mol. The summed E-state index contributed by atoms with van der Waals surface area (Å²) in [7, 11) is 0. The lowest BCUT2D eigenvalue weighted by molar-refractivity contribution is -0.606. The van der Waals surface area contributed by atoms with Gasteiger partial charge in [0.1, 0.15) is 4.91 Å². The lowest BCUT2D eigenvalue weighted by Crippen LogP contribution is -2.41. The molecule has 0 amide bonds. The highest BCUT2D eigenvalue weighted by Crippen LogP contribution is 2.38. The van der Waals surface area contributed by atoms with Gasteiger partial charge >= 0.3 is 16.2 Å². The number of carbonyl (C=O) groups excluding carboxylic acids is 2. The van der Waals surface area contributed by atoms with Gasteiger partial charge in [-0.15, -0.1) is 4.57 Å². The predicted octanol–water partition coefficient (Wildman–Crippen LogP) is 3.96. The molecule has 0 N–H and O–H groups in total. The number of allylic oxidation sites excluding steroid dienone is 1. The molecule has 23 heavy (non-hydrogen) atoms. The van der Waals surface area contributed by atoms with Gasteiger partial charge < -0.3 is 4.74 Å². The number of thioether (sulfide) groups is 1. The first-order valence-corrected chi connectivity index (χ1v) is 8.95. The molecule has 1 aliphatic rings. The van der Waals surface area contributed by atoms with Crippen molar-refractivity contribution < 1.29 is 18.9 Å². The molecular formula is C16H13ClNO3S2+. The summed E-state index contributed by atoms with van der Waals surface area (Å²) in [5.74, 6) is -0.531. The molecule has 0 saturated carbocycles. The van der Waals surface area contributed by atoms with Gasteiger partial charge in [0.2, 0.25) is 5.69 Å². The van der Waals surface area contributed by atoms with Crippen LogP contribution in [0.2, 0.25) is 5.02 Å². The molecule has 1 aromatic heterocycles. The zero-order valence-corrected chi connectivity index (χ0v) is 14.8. The molecule has 1 aliphatic heterocycles. The summed E-state index contributed by atoms with van der Waals surface area (Å²) in [6.07, 6.45) is 1.78. The summed E-state index contributed by atoms with van der Waals surface area (Å²) in [6, 6.07) is 7.35. The number of hydrogen-bond acceptors (Lipinski definition) is 5. The van der Waals surface area contributed by atoms with Gasteiger partial charge in [-0.1, -0.05) is 29.8 Å². The van der Waals surface area contributed by atoms with Crippen molar-refractivity contribution in [3.63, 3.8) is 0 Å². The van der Waals surface area contributed by atoms with Crippen molar-refractivity contribution in [2.24, 2.45) is 0 Å². The topological polar surface area (TPSA) is 47.2 Å². The molecule has 4 nitrogen and oxygen atoms in total. The van der Waals surface area contributed by atoms with Crippen LogP contribution in [0.4, 0.5) is 0 Å². The first kappa shape index (κ1) is 16.2. The second-order valence-electron chi connectivity index (χ2n) is 4.78. The van der Waals surface area contributed by atoms with Gasteiger partial charge in [-0.05, 0) is 36.0 Å². The van der Waals surface area contributed by atoms with E-state index in [1.807, 2.05) is 18.2 Å². The molecule has 0 spiro atoms. The highest BCUT2D eigenvalue weighted by Gasteiger charge is 2.43.